The van der Waals surface area contributed by atoms with Crippen LogP contribution in [-0.2, 0) is 4.79 Å². The smallest absolute Gasteiger partial charge is 0.321 e. The molecule has 6 nitrogen and oxygen atoms in total. The van der Waals surface area contributed by atoms with Gasteiger partial charge in [-0.2, -0.15) is 0 Å². The van der Waals surface area contributed by atoms with Crippen LogP contribution in [0.3, 0.4) is 0 Å². The van der Waals surface area contributed by atoms with Crippen LogP contribution >= 0.6 is 15.9 Å². The number of methoxy groups -OCH3 is 1. The van der Waals surface area contributed by atoms with Crippen molar-refractivity contribution in [1.82, 2.24) is 16.0 Å². The number of imide groups is 1. The molecule has 0 aliphatic rings. The summed E-state index contributed by atoms with van der Waals surface area (Å²) in [6, 6.07) is 4.63. The van der Waals surface area contributed by atoms with Gasteiger partial charge in [0, 0.05) is 13.1 Å². The standard InChI is InChI=1S/C14H20BrN3O3/c1-8(10-5-6-12(21-4)11(15)7-10)17-9(2)13(19)18-14(20)16-3/h5-9,17H,1-4H3,(H2,16,18,19,20)/t8-,9-/m0/s1. The zero-order valence-corrected chi connectivity index (χ0v) is 14.1. The number of ether oxygens (including phenoxy) is 1. The van der Waals surface area contributed by atoms with Gasteiger partial charge < -0.3 is 10.1 Å². The van der Waals surface area contributed by atoms with Crippen LogP contribution < -0.4 is 20.7 Å². The molecule has 0 aliphatic carbocycles. The Morgan fingerprint density at radius 1 is 1.29 bits per heavy atom. The second-order valence-corrected chi connectivity index (χ2v) is 5.43. The minimum absolute atomic E-state index is 0.0577. The Hall–Kier alpha value is -1.60. The van der Waals surface area contributed by atoms with E-state index in [9.17, 15) is 9.59 Å². The van der Waals surface area contributed by atoms with Gasteiger partial charge in [0.2, 0.25) is 5.91 Å². The molecule has 2 atom stereocenters. The molecule has 0 aliphatic heterocycles. The van der Waals surface area contributed by atoms with E-state index in [1.54, 1.807) is 14.0 Å². The van der Waals surface area contributed by atoms with Crippen molar-refractivity contribution in [3.63, 3.8) is 0 Å². The second kappa shape index (κ2) is 7.99. The normalized spacial score (nSPS) is 13.2. The van der Waals surface area contributed by atoms with E-state index in [-0.39, 0.29) is 11.9 Å². The Morgan fingerprint density at radius 3 is 2.48 bits per heavy atom. The highest BCUT2D eigenvalue weighted by Gasteiger charge is 2.18. The van der Waals surface area contributed by atoms with Crippen molar-refractivity contribution < 1.29 is 14.3 Å². The number of carbonyl (C=O) groups excluding carboxylic acids is 2. The number of amides is 3. The lowest BCUT2D eigenvalue weighted by Crippen LogP contribution is -2.47. The molecule has 0 fully saturated rings. The van der Waals surface area contributed by atoms with Crippen molar-refractivity contribution in [1.29, 1.82) is 0 Å². The van der Waals surface area contributed by atoms with E-state index < -0.39 is 12.1 Å². The maximum Gasteiger partial charge on any atom is 0.321 e. The summed E-state index contributed by atoms with van der Waals surface area (Å²) in [4.78, 5) is 22.9. The first-order chi connectivity index (χ1) is 9.88. The third kappa shape index (κ3) is 5.02. The molecule has 0 saturated carbocycles. The maximum absolute atomic E-state index is 11.8. The summed E-state index contributed by atoms with van der Waals surface area (Å²) >= 11 is 3.43. The van der Waals surface area contributed by atoms with E-state index >= 15 is 0 Å². The number of rotatable bonds is 5. The number of urea groups is 1. The highest BCUT2D eigenvalue weighted by Crippen LogP contribution is 2.28. The molecule has 0 saturated heterocycles. The fraction of sp³-hybridized carbons (Fsp3) is 0.429. The molecule has 3 N–H and O–H groups in total. The van der Waals surface area contributed by atoms with Crippen LogP contribution in [0.25, 0.3) is 0 Å². The largest absolute Gasteiger partial charge is 0.496 e. The van der Waals surface area contributed by atoms with Crippen LogP contribution in [0, 0.1) is 0 Å². The highest BCUT2D eigenvalue weighted by molar-refractivity contribution is 9.10. The molecule has 3 amide bonds. The summed E-state index contributed by atoms with van der Waals surface area (Å²) in [7, 11) is 3.06. The zero-order valence-electron chi connectivity index (χ0n) is 12.5. The Labute approximate surface area is 132 Å². The van der Waals surface area contributed by atoms with Crippen molar-refractivity contribution in [3.8, 4) is 5.75 Å². The third-order valence-corrected chi connectivity index (χ3v) is 3.65. The predicted octanol–water partition coefficient (Wildman–Crippen LogP) is 1.95. The van der Waals surface area contributed by atoms with Crippen LogP contribution in [0.1, 0.15) is 25.5 Å². The number of halogens is 1. The minimum Gasteiger partial charge on any atom is -0.496 e. The number of hydrogen-bond donors (Lipinski definition) is 3. The molecule has 0 radical (unpaired) electrons. The molecule has 0 spiro atoms. The zero-order chi connectivity index (χ0) is 16.0. The summed E-state index contributed by atoms with van der Waals surface area (Å²) in [6.45, 7) is 3.64. The number of hydrogen-bond acceptors (Lipinski definition) is 4. The molecular formula is C14H20BrN3O3. The van der Waals surface area contributed by atoms with Crippen LogP contribution in [0.15, 0.2) is 22.7 Å². The molecule has 1 aromatic rings. The van der Waals surface area contributed by atoms with Gasteiger partial charge in [-0.3, -0.25) is 15.4 Å². The van der Waals surface area contributed by atoms with Gasteiger partial charge in [-0.15, -0.1) is 0 Å². The van der Waals surface area contributed by atoms with Gasteiger partial charge in [-0.05, 0) is 47.5 Å². The molecule has 0 unspecified atom stereocenters. The minimum atomic E-state index is -0.520. The van der Waals surface area contributed by atoms with Gasteiger partial charge in [-0.25, -0.2) is 4.79 Å². The van der Waals surface area contributed by atoms with Crippen LogP contribution in [0.4, 0.5) is 4.79 Å². The lowest BCUT2D eigenvalue weighted by atomic mass is 10.1. The van der Waals surface area contributed by atoms with E-state index in [0.717, 1.165) is 15.8 Å². The molecule has 0 bridgehead atoms. The monoisotopic (exact) mass is 357 g/mol. The summed E-state index contributed by atoms with van der Waals surface area (Å²) in [5.74, 6) is 0.366. The van der Waals surface area contributed by atoms with E-state index in [2.05, 4.69) is 31.9 Å². The molecule has 21 heavy (non-hydrogen) atoms. The molecule has 116 valence electrons. The van der Waals surface area contributed by atoms with Crippen molar-refractivity contribution in [2.45, 2.75) is 25.9 Å². The molecule has 0 heterocycles. The topological polar surface area (TPSA) is 79.5 Å². The van der Waals surface area contributed by atoms with E-state index in [1.165, 1.54) is 7.05 Å². The van der Waals surface area contributed by atoms with Gasteiger partial charge in [-0.1, -0.05) is 6.07 Å². The Bertz CT molecular complexity index is 522. The number of benzene rings is 1. The van der Waals surface area contributed by atoms with Gasteiger partial charge >= 0.3 is 6.03 Å². The number of carbonyl (C=O) groups is 2. The average molecular weight is 358 g/mol. The SMILES string of the molecule is CNC(=O)NC(=O)[C@H](C)N[C@@H](C)c1ccc(OC)c(Br)c1. The van der Waals surface area contributed by atoms with Crippen molar-refractivity contribution in [2.24, 2.45) is 0 Å². The lowest BCUT2D eigenvalue weighted by Gasteiger charge is -2.20. The van der Waals surface area contributed by atoms with Gasteiger partial charge in [0.25, 0.3) is 0 Å². The lowest BCUT2D eigenvalue weighted by molar-refractivity contribution is -0.121. The first-order valence-corrected chi connectivity index (χ1v) is 7.30. The van der Waals surface area contributed by atoms with E-state index in [1.807, 2.05) is 25.1 Å². The van der Waals surface area contributed by atoms with E-state index in [4.69, 9.17) is 4.74 Å². The summed E-state index contributed by atoms with van der Waals surface area (Å²) in [5.41, 5.74) is 1.00. The van der Waals surface area contributed by atoms with Gasteiger partial charge in [0.1, 0.15) is 5.75 Å². The van der Waals surface area contributed by atoms with E-state index in [0.29, 0.717) is 0 Å². The summed E-state index contributed by atoms with van der Waals surface area (Å²) in [6.07, 6.45) is 0. The van der Waals surface area contributed by atoms with Crippen LogP contribution in [0.5, 0.6) is 5.75 Å². The third-order valence-electron chi connectivity index (χ3n) is 3.03. The molecule has 1 aromatic carbocycles. The molecule has 7 heteroatoms. The van der Waals surface area contributed by atoms with Crippen LogP contribution in [0.2, 0.25) is 0 Å². The predicted molar refractivity (Wildman–Crippen MR) is 84.3 cm³/mol. The van der Waals surface area contributed by atoms with Crippen molar-refractivity contribution in [2.75, 3.05) is 14.2 Å². The second-order valence-electron chi connectivity index (χ2n) is 4.57. The fourth-order valence-corrected chi connectivity index (χ4v) is 2.34. The quantitative estimate of drug-likeness (QED) is 0.752. The van der Waals surface area contributed by atoms with Crippen molar-refractivity contribution >= 4 is 27.9 Å². The Morgan fingerprint density at radius 2 is 1.95 bits per heavy atom. The highest BCUT2D eigenvalue weighted by atomic mass is 79.9. The fourth-order valence-electron chi connectivity index (χ4n) is 1.78. The number of nitrogens with one attached hydrogen (secondary N) is 3. The first-order valence-electron chi connectivity index (χ1n) is 6.51. The summed E-state index contributed by atoms with van der Waals surface area (Å²) in [5, 5.41) is 7.71. The van der Waals surface area contributed by atoms with Crippen molar-refractivity contribution in [3.05, 3.63) is 28.2 Å². The molecule has 0 aromatic heterocycles. The summed E-state index contributed by atoms with van der Waals surface area (Å²) < 4.78 is 6.03. The first kappa shape index (κ1) is 17.5. The maximum atomic E-state index is 11.8. The average Bonchev–Trinajstić information content (AvgIpc) is 2.46. The Balaban J connectivity index is 2.67. The Kier molecular flexibility index (Phi) is 6.64. The van der Waals surface area contributed by atoms with Gasteiger partial charge in [0.05, 0.1) is 17.6 Å². The molecule has 1 rings (SSSR count). The van der Waals surface area contributed by atoms with Gasteiger partial charge in [0.15, 0.2) is 0 Å². The molecular weight excluding hydrogens is 338 g/mol. The van der Waals surface area contributed by atoms with Crippen LogP contribution in [-0.4, -0.2) is 32.1 Å².